The lowest BCUT2D eigenvalue weighted by molar-refractivity contribution is -0.146. The van der Waals surface area contributed by atoms with Crippen LogP contribution in [0.4, 0.5) is 0 Å². The summed E-state index contributed by atoms with van der Waals surface area (Å²) in [5.74, 6) is -3.72. The molecule has 1 heterocycles. The molecule has 2 rings (SSSR count). The standard InChI is InChI=1S/C33H54N4O13/c1-3-47-16-17-48-18-19-49-20-21-50-27-6-4-26(5-7-27)22-28(32(42)43)36-12-8-34(23-30(38)39)10-14-37(29(25-46-2)33(44)45)15-11-35(9-13-36)24-31(40)41/h4-7,28-29H,3,8-25H2,1-2H3,(H,38,39)(H,40,41)(H,42,43)(H,44,45). The zero-order chi connectivity index (χ0) is 36.7. The Bertz CT molecular complexity index is 1110. The van der Waals surface area contributed by atoms with Crippen LogP contribution in [0, 0.1) is 0 Å². The van der Waals surface area contributed by atoms with Crippen LogP contribution in [0.15, 0.2) is 24.3 Å². The fraction of sp³-hybridized carbons (Fsp3) is 0.697. The molecule has 1 aliphatic rings. The summed E-state index contributed by atoms with van der Waals surface area (Å²) in [6.07, 6.45) is 0.144. The normalized spacial score (nSPS) is 17.3. The Kier molecular flexibility index (Phi) is 21.1. The lowest BCUT2D eigenvalue weighted by atomic mass is 10.0. The molecule has 1 aliphatic heterocycles. The summed E-state index contributed by atoms with van der Waals surface area (Å²) in [6, 6.07) is 5.09. The van der Waals surface area contributed by atoms with E-state index in [2.05, 4.69) is 0 Å². The zero-order valence-electron chi connectivity index (χ0n) is 29.2. The maximum Gasteiger partial charge on any atom is 0.323 e. The molecule has 0 spiro atoms. The number of rotatable bonds is 23. The Morgan fingerprint density at radius 3 is 1.50 bits per heavy atom. The van der Waals surface area contributed by atoms with Gasteiger partial charge in [0.15, 0.2) is 0 Å². The van der Waals surface area contributed by atoms with Crippen LogP contribution >= 0.6 is 0 Å². The molecule has 284 valence electrons. The van der Waals surface area contributed by atoms with Gasteiger partial charge in [0, 0.05) is 66.1 Å². The molecule has 0 radical (unpaired) electrons. The van der Waals surface area contributed by atoms with Crippen molar-refractivity contribution in [3.05, 3.63) is 29.8 Å². The van der Waals surface area contributed by atoms with Crippen LogP contribution in [-0.2, 0) is 44.5 Å². The largest absolute Gasteiger partial charge is 0.491 e. The van der Waals surface area contributed by atoms with Crippen molar-refractivity contribution in [2.45, 2.75) is 25.4 Å². The molecule has 0 bridgehead atoms. The molecule has 1 fully saturated rings. The van der Waals surface area contributed by atoms with Gasteiger partial charge < -0.3 is 44.1 Å². The lowest BCUT2D eigenvalue weighted by Crippen LogP contribution is -2.54. The third-order valence-corrected chi connectivity index (χ3v) is 8.10. The number of carboxylic acids is 4. The van der Waals surface area contributed by atoms with Crippen molar-refractivity contribution in [1.82, 2.24) is 19.6 Å². The SMILES string of the molecule is CCOCCOCCOCCOc1ccc(CC(C(=O)O)N2CCN(CC(=O)O)CCN(C(COC)C(=O)O)CCN(CC(=O)O)CC2)cc1. The van der Waals surface area contributed by atoms with Crippen LogP contribution in [0.3, 0.4) is 0 Å². The molecule has 2 unspecified atom stereocenters. The minimum Gasteiger partial charge on any atom is -0.491 e. The first kappa shape index (κ1) is 42.7. The third kappa shape index (κ3) is 17.5. The molecule has 50 heavy (non-hydrogen) atoms. The highest BCUT2D eigenvalue weighted by Gasteiger charge is 2.30. The van der Waals surface area contributed by atoms with Gasteiger partial charge >= 0.3 is 23.9 Å². The van der Waals surface area contributed by atoms with Gasteiger partial charge in [0.1, 0.15) is 24.4 Å². The number of hydrogen-bond acceptors (Lipinski definition) is 13. The molecule has 17 heteroatoms. The van der Waals surface area contributed by atoms with Crippen LogP contribution in [0.1, 0.15) is 12.5 Å². The summed E-state index contributed by atoms with van der Waals surface area (Å²) in [5, 5.41) is 39.3. The van der Waals surface area contributed by atoms with Crippen LogP contribution in [0.2, 0.25) is 0 Å². The highest BCUT2D eigenvalue weighted by molar-refractivity contribution is 5.74. The van der Waals surface area contributed by atoms with E-state index in [0.29, 0.717) is 52.0 Å². The number of carbonyl (C=O) groups is 4. The van der Waals surface area contributed by atoms with Gasteiger partial charge in [0.2, 0.25) is 0 Å². The first-order chi connectivity index (χ1) is 24.0. The minimum atomic E-state index is -1.11. The Morgan fingerprint density at radius 2 is 1.08 bits per heavy atom. The summed E-state index contributed by atoms with van der Waals surface area (Å²) in [7, 11) is 1.39. The first-order valence-corrected chi connectivity index (χ1v) is 16.8. The molecule has 0 aromatic heterocycles. The van der Waals surface area contributed by atoms with Gasteiger partial charge in [-0.3, -0.25) is 38.8 Å². The Hall–Kier alpha value is -3.42. The highest BCUT2D eigenvalue weighted by Crippen LogP contribution is 2.17. The van der Waals surface area contributed by atoms with Gasteiger partial charge in [-0.2, -0.15) is 0 Å². The van der Waals surface area contributed by atoms with E-state index in [-0.39, 0.29) is 78.5 Å². The van der Waals surface area contributed by atoms with E-state index in [1.54, 1.807) is 43.9 Å². The molecule has 17 nitrogen and oxygen atoms in total. The predicted octanol–water partition coefficient (Wildman–Crippen LogP) is -0.379. The fourth-order valence-electron chi connectivity index (χ4n) is 5.46. The smallest absolute Gasteiger partial charge is 0.323 e. The van der Waals surface area contributed by atoms with Crippen molar-refractivity contribution >= 4 is 23.9 Å². The topological polar surface area (TPSA) is 208 Å². The molecular weight excluding hydrogens is 660 g/mol. The number of nitrogens with zero attached hydrogens (tertiary/aromatic N) is 4. The second kappa shape index (κ2) is 24.7. The average molecular weight is 715 g/mol. The second-order valence-electron chi connectivity index (χ2n) is 11.7. The number of carboxylic acid groups (broad SMARTS) is 4. The van der Waals surface area contributed by atoms with Crippen LogP contribution in [-0.4, -0.2) is 201 Å². The molecule has 0 saturated carbocycles. The number of hydrogen-bond donors (Lipinski definition) is 4. The minimum absolute atomic E-state index is 0.102. The monoisotopic (exact) mass is 714 g/mol. The summed E-state index contributed by atoms with van der Waals surface area (Å²) < 4.78 is 27.0. The molecule has 2 atom stereocenters. The lowest BCUT2D eigenvalue weighted by Gasteiger charge is -2.36. The Balaban J connectivity index is 2.10. The molecule has 1 aromatic rings. The summed E-state index contributed by atoms with van der Waals surface area (Å²) >= 11 is 0. The molecule has 1 saturated heterocycles. The number of ether oxygens (including phenoxy) is 5. The van der Waals surface area contributed by atoms with E-state index >= 15 is 0 Å². The van der Waals surface area contributed by atoms with Crippen LogP contribution < -0.4 is 4.74 Å². The van der Waals surface area contributed by atoms with Crippen molar-refractivity contribution in [3.63, 3.8) is 0 Å². The van der Waals surface area contributed by atoms with E-state index in [1.807, 2.05) is 6.92 Å². The van der Waals surface area contributed by atoms with E-state index in [4.69, 9.17) is 23.7 Å². The number of methoxy groups -OCH3 is 1. The Labute approximate surface area is 293 Å². The maximum atomic E-state index is 12.6. The zero-order valence-corrected chi connectivity index (χ0v) is 29.2. The van der Waals surface area contributed by atoms with Crippen molar-refractivity contribution in [3.8, 4) is 5.75 Å². The summed E-state index contributed by atoms with van der Waals surface area (Å²) in [5.41, 5.74) is 0.745. The third-order valence-electron chi connectivity index (χ3n) is 8.10. The van der Waals surface area contributed by atoms with Crippen molar-refractivity contribution in [2.24, 2.45) is 0 Å². The van der Waals surface area contributed by atoms with E-state index in [9.17, 15) is 39.6 Å². The van der Waals surface area contributed by atoms with Crippen molar-refractivity contribution < 1.29 is 63.3 Å². The predicted molar refractivity (Wildman–Crippen MR) is 180 cm³/mol. The van der Waals surface area contributed by atoms with Gasteiger partial charge in [-0.25, -0.2) is 0 Å². The van der Waals surface area contributed by atoms with Gasteiger partial charge in [-0.1, -0.05) is 12.1 Å². The average Bonchev–Trinajstić information content (AvgIpc) is 3.06. The molecule has 1 aromatic carbocycles. The fourth-order valence-corrected chi connectivity index (χ4v) is 5.46. The molecule has 0 amide bonds. The summed E-state index contributed by atoms with van der Waals surface area (Å²) in [4.78, 5) is 54.8. The Morgan fingerprint density at radius 1 is 0.640 bits per heavy atom. The second-order valence-corrected chi connectivity index (χ2v) is 11.7. The number of benzene rings is 1. The highest BCUT2D eigenvalue weighted by atomic mass is 16.6. The summed E-state index contributed by atoms with van der Waals surface area (Å²) in [6.45, 7) is 5.98. The quantitative estimate of drug-likeness (QED) is 0.107. The van der Waals surface area contributed by atoms with Crippen molar-refractivity contribution in [2.75, 3.05) is 125 Å². The van der Waals surface area contributed by atoms with Crippen LogP contribution in [0.25, 0.3) is 0 Å². The van der Waals surface area contributed by atoms with Gasteiger partial charge in [-0.15, -0.1) is 0 Å². The van der Waals surface area contributed by atoms with Gasteiger partial charge in [0.05, 0.1) is 52.7 Å². The molecule has 0 aliphatic carbocycles. The molecule has 4 N–H and O–H groups in total. The maximum absolute atomic E-state index is 12.6. The number of aliphatic carboxylic acids is 4. The van der Waals surface area contributed by atoms with E-state index in [0.717, 1.165) is 5.56 Å². The molecular formula is C33H54N4O13. The van der Waals surface area contributed by atoms with E-state index < -0.39 is 36.0 Å². The van der Waals surface area contributed by atoms with E-state index in [1.165, 1.54) is 7.11 Å². The first-order valence-electron chi connectivity index (χ1n) is 16.8. The van der Waals surface area contributed by atoms with Gasteiger partial charge in [0.25, 0.3) is 0 Å². The van der Waals surface area contributed by atoms with Crippen molar-refractivity contribution in [1.29, 1.82) is 0 Å². The van der Waals surface area contributed by atoms with Crippen LogP contribution in [0.5, 0.6) is 5.75 Å². The van der Waals surface area contributed by atoms with Gasteiger partial charge in [-0.05, 0) is 31.0 Å².